The lowest BCUT2D eigenvalue weighted by Crippen LogP contribution is -2.04. The monoisotopic (exact) mass is 153 g/mol. The summed E-state index contributed by atoms with van der Waals surface area (Å²) < 4.78 is 1.90. The van der Waals surface area contributed by atoms with Crippen LogP contribution in [-0.4, -0.2) is 16.3 Å². The van der Waals surface area contributed by atoms with Crippen molar-refractivity contribution in [1.29, 1.82) is 0 Å². The predicted molar refractivity (Wildman–Crippen MR) is 45.4 cm³/mol. The molecule has 0 saturated carbocycles. The van der Waals surface area contributed by atoms with Crippen LogP contribution in [0.15, 0.2) is 0 Å². The summed E-state index contributed by atoms with van der Waals surface area (Å²) >= 11 is 0. The lowest BCUT2D eigenvalue weighted by molar-refractivity contribution is 0.718. The topological polar surface area (TPSA) is 43.8 Å². The van der Waals surface area contributed by atoms with Gasteiger partial charge in [0.25, 0.3) is 0 Å². The second kappa shape index (κ2) is 3.05. The van der Waals surface area contributed by atoms with E-state index in [0.29, 0.717) is 6.54 Å². The summed E-state index contributed by atoms with van der Waals surface area (Å²) in [5.74, 6) is 0. The van der Waals surface area contributed by atoms with E-state index in [2.05, 4.69) is 18.9 Å². The quantitative estimate of drug-likeness (QED) is 0.674. The van der Waals surface area contributed by atoms with Crippen LogP contribution in [0.3, 0.4) is 0 Å². The molecular formula is C8H15N3. The summed E-state index contributed by atoms with van der Waals surface area (Å²) in [7, 11) is 1.96. The average Bonchev–Trinajstić information content (AvgIpc) is 2.19. The zero-order valence-corrected chi connectivity index (χ0v) is 7.39. The molecule has 1 heterocycles. The van der Waals surface area contributed by atoms with Gasteiger partial charge in [0.1, 0.15) is 0 Å². The van der Waals surface area contributed by atoms with Crippen LogP contribution in [0.25, 0.3) is 0 Å². The normalized spacial score (nSPS) is 10.5. The van der Waals surface area contributed by atoms with Crippen molar-refractivity contribution < 1.29 is 0 Å². The van der Waals surface area contributed by atoms with Crippen molar-refractivity contribution in [1.82, 2.24) is 9.78 Å². The summed E-state index contributed by atoms with van der Waals surface area (Å²) in [5, 5.41) is 4.34. The molecule has 0 fully saturated rings. The van der Waals surface area contributed by atoms with E-state index >= 15 is 0 Å². The number of aromatic nitrogens is 2. The Morgan fingerprint density at radius 2 is 2.09 bits per heavy atom. The molecule has 11 heavy (non-hydrogen) atoms. The Labute approximate surface area is 67.2 Å². The van der Waals surface area contributed by atoms with E-state index in [1.807, 2.05) is 11.7 Å². The number of nitrogens with two attached hydrogens (primary N) is 1. The van der Waals surface area contributed by atoms with Gasteiger partial charge in [-0.1, -0.05) is 0 Å². The van der Waals surface area contributed by atoms with Crippen LogP contribution in [-0.2, 0) is 13.5 Å². The molecule has 0 atom stereocenters. The summed E-state index contributed by atoms with van der Waals surface area (Å²) in [6.07, 6.45) is 0.882. The Kier molecular flexibility index (Phi) is 2.29. The third-order valence-corrected chi connectivity index (χ3v) is 2.11. The summed E-state index contributed by atoms with van der Waals surface area (Å²) in [6.45, 7) is 4.84. The third kappa shape index (κ3) is 1.43. The number of nitrogens with zero attached hydrogens (tertiary/aromatic N) is 2. The maximum absolute atomic E-state index is 5.44. The van der Waals surface area contributed by atoms with Crippen LogP contribution in [0.4, 0.5) is 0 Å². The van der Waals surface area contributed by atoms with Gasteiger partial charge in [0.15, 0.2) is 0 Å². The van der Waals surface area contributed by atoms with Gasteiger partial charge in [0.2, 0.25) is 0 Å². The van der Waals surface area contributed by atoms with Crippen molar-refractivity contribution in [3.05, 3.63) is 17.0 Å². The summed E-state index contributed by atoms with van der Waals surface area (Å²) in [5.41, 5.74) is 9.08. The smallest absolute Gasteiger partial charge is 0.0668 e. The lowest BCUT2D eigenvalue weighted by Gasteiger charge is -1.92. The Morgan fingerprint density at radius 1 is 1.45 bits per heavy atom. The van der Waals surface area contributed by atoms with Crippen molar-refractivity contribution in [3.8, 4) is 0 Å². The molecule has 0 aliphatic heterocycles. The molecular weight excluding hydrogens is 138 g/mol. The van der Waals surface area contributed by atoms with Gasteiger partial charge >= 0.3 is 0 Å². The van der Waals surface area contributed by atoms with Crippen LogP contribution < -0.4 is 5.73 Å². The number of rotatable bonds is 2. The van der Waals surface area contributed by atoms with Crippen molar-refractivity contribution in [2.24, 2.45) is 12.8 Å². The van der Waals surface area contributed by atoms with Crippen LogP contribution in [0, 0.1) is 13.8 Å². The van der Waals surface area contributed by atoms with Crippen molar-refractivity contribution >= 4 is 0 Å². The maximum Gasteiger partial charge on any atom is 0.0668 e. The van der Waals surface area contributed by atoms with Crippen molar-refractivity contribution in [2.45, 2.75) is 20.3 Å². The highest BCUT2D eigenvalue weighted by Crippen LogP contribution is 2.10. The van der Waals surface area contributed by atoms with Gasteiger partial charge in [-0.15, -0.1) is 0 Å². The van der Waals surface area contributed by atoms with Crippen LogP contribution in [0.2, 0.25) is 0 Å². The molecule has 0 aliphatic rings. The summed E-state index contributed by atoms with van der Waals surface area (Å²) in [6, 6.07) is 0. The largest absolute Gasteiger partial charge is 0.330 e. The molecule has 62 valence electrons. The van der Waals surface area contributed by atoms with E-state index in [-0.39, 0.29) is 0 Å². The van der Waals surface area contributed by atoms with Crippen LogP contribution in [0.1, 0.15) is 17.0 Å². The van der Waals surface area contributed by atoms with E-state index in [1.54, 1.807) is 0 Å². The first kappa shape index (κ1) is 8.27. The van der Waals surface area contributed by atoms with Gasteiger partial charge in [-0.25, -0.2) is 0 Å². The second-order valence-corrected chi connectivity index (χ2v) is 2.82. The number of hydrogen-bond acceptors (Lipinski definition) is 2. The fourth-order valence-electron chi connectivity index (χ4n) is 1.16. The minimum Gasteiger partial charge on any atom is -0.330 e. The van der Waals surface area contributed by atoms with Crippen molar-refractivity contribution in [2.75, 3.05) is 6.54 Å². The molecule has 1 aromatic rings. The molecule has 0 aliphatic carbocycles. The Bertz CT molecular complexity index is 250. The fourth-order valence-corrected chi connectivity index (χ4v) is 1.16. The Hall–Kier alpha value is -0.830. The first-order valence-electron chi connectivity index (χ1n) is 3.86. The third-order valence-electron chi connectivity index (χ3n) is 2.11. The molecule has 2 N–H and O–H groups in total. The highest BCUT2D eigenvalue weighted by molar-refractivity contribution is 5.23. The first-order chi connectivity index (χ1) is 5.16. The number of aryl methyl sites for hydroxylation is 1. The van der Waals surface area contributed by atoms with Crippen molar-refractivity contribution in [3.63, 3.8) is 0 Å². The van der Waals surface area contributed by atoms with E-state index < -0.39 is 0 Å². The molecule has 0 spiro atoms. The van der Waals surface area contributed by atoms with Gasteiger partial charge in [-0.2, -0.15) is 5.10 Å². The Balaban J connectivity index is 2.98. The SMILES string of the molecule is Cc1c(CCN)nn(C)c1C. The summed E-state index contributed by atoms with van der Waals surface area (Å²) in [4.78, 5) is 0. The zero-order valence-electron chi connectivity index (χ0n) is 7.39. The molecule has 0 bridgehead atoms. The van der Waals surface area contributed by atoms with Gasteiger partial charge < -0.3 is 5.73 Å². The van der Waals surface area contributed by atoms with Crippen LogP contribution >= 0.6 is 0 Å². The molecule has 0 saturated heterocycles. The Morgan fingerprint density at radius 3 is 2.45 bits per heavy atom. The molecule has 1 rings (SSSR count). The van der Waals surface area contributed by atoms with Gasteiger partial charge in [-0.05, 0) is 26.0 Å². The molecule has 0 amide bonds. The molecule has 0 radical (unpaired) electrons. The molecule has 3 heteroatoms. The fraction of sp³-hybridized carbons (Fsp3) is 0.625. The van der Waals surface area contributed by atoms with E-state index in [4.69, 9.17) is 5.73 Å². The predicted octanol–water partition coefficient (Wildman–Crippen LogP) is 0.538. The molecule has 0 aromatic carbocycles. The standard InChI is InChI=1S/C8H15N3/c1-6-7(2)11(3)10-8(6)4-5-9/h4-5,9H2,1-3H3. The minimum absolute atomic E-state index is 0.678. The second-order valence-electron chi connectivity index (χ2n) is 2.82. The zero-order chi connectivity index (χ0) is 8.43. The molecule has 0 unspecified atom stereocenters. The van der Waals surface area contributed by atoms with Crippen LogP contribution in [0.5, 0.6) is 0 Å². The average molecular weight is 153 g/mol. The minimum atomic E-state index is 0.678. The molecule has 3 nitrogen and oxygen atoms in total. The maximum atomic E-state index is 5.44. The van der Waals surface area contributed by atoms with E-state index in [1.165, 1.54) is 11.3 Å². The van der Waals surface area contributed by atoms with E-state index in [0.717, 1.165) is 12.1 Å². The first-order valence-corrected chi connectivity index (χ1v) is 3.86. The van der Waals surface area contributed by atoms with Gasteiger partial charge in [0, 0.05) is 19.2 Å². The molecule has 1 aromatic heterocycles. The highest BCUT2D eigenvalue weighted by Gasteiger charge is 2.06. The van der Waals surface area contributed by atoms with Gasteiger partial charge in [-0.3, -0.25) is 4.68 Å². The van der Waals surface area contributed by atoms with Gasteiger partial charge in [0.05, 0.1) is 5.69 Å². The number of hydrogen-bond donors (Lipinski definition) is 1. The highest BCUT2D eigenvalue weighted by atomic mass is 15.3. The van der Waals surface area contributed by atoms with E-state index in [9.17, 15) is 0 Å². The lowest BCUT2D eigenvalue weighted by atomic mass is 10.2.